The van der Waals surface area contributed by atoms with Crippen molar-refractivity contribution in [2.45, 2.75) is 6.42 Å². The first-order valence-electron chi connectivity index (χ1n) is 8.22. The molecule has 1 aliphatic rings. The SMILES string of the molecule is O=C(c1cc2cc(F)ccc2s1)N1CCCN(c2cccnn2)CC1. The zero-order valence-electron chi connectivity index (χ0n) is 13.6. The predicted octanol–water partition coefficient (Wildman–Crippen LogP) is 3.18. The molecule has 1 amide bonds. The third-order valence-electron chi connectivity index (χ3n) is 4.35. The fourth-order valence-electron chi connectivity index (χ4n) is 3.09. The van der Waals surface area contributed by atoms with E-state index in [1.165, 1.54) is 23.5 Å². The van der Waals surface area contributed by atoms with Crippen LogP contribution in [-0.4, -0.2) is 47.2 Å². The van der Waals surface area contributed by atoms with Crippen LogP contribution in [0.1, 0.15) is 16.1 Å². The zero-order chi connectivity index (χ0) is 17.2. The maximum Gasteiger partial charge on any atom is 0.264 e. The highest BCUT2D eigenvalue weighted by atomic mass is 32.1. The summed E-state index contributed by atoms with van der Waals surface area (Å²) in [6, 6.07) is 10.2. The van der Waals surface area contributed by atoms with Gasteiger partial charge in [0.25, 0.3) is 5.91 Å². The molecule has 0 bridgehead atoms. The highest BCUT2D eigenvalue weighted by molar-refractivity contribution is 7.20. The maximum absolute atomic E-state index is 13.4. The van der Waals surface area contributed by atoms with Crippen molar-refractivity contribution < 1.29 is 9.18 Å². The molecule has 128 valence electrons. The molecule has 7 heteroatoms. The van der Waals surface area contributed by atoms with Crippen molar-refractivity contribution >= 4 is 33.1 Å². The van der Waals surface area contributed by atoms with Crippen LogP contribution in [0.2, 0.25) is 0 Å². The molecule has 3 aromatic rings. The van der Waals surface area contributed by atoms with Crippen LogP contribution in [0.15, 0.2) is 42.6 Å². The minimum absolute atomic E-state index is 0.0163. The van der Waals surface area contributed by atoms with Crippen molar-refractivity contribution in [2.24, 2.45) is 0 Å². The van der Waals surface area contributed by atoms with E-state index in [1.54, 1.807) is 18.3 Å². The summed E-state index contributed by atoms with van der Waals surface area (Å²) in [6.45, 7) is 2.92. The number of anilines is 1. The molecule has 1 fully saturated rings. The monoisotopic (exact) mass is 356 g/mol. The van der Waals surface area contributed by atoms with Crippen molar-refractivity contribution in [1.29, 1.82) is 0 Å². The van der Waals surface area contributed by atoms with E-state index < -0.39 is 0 Å². The Morgan fingerprint density at radius 2 is 2.04 bits per heavy atom. The average Bonchev–Trinajstić information content (AvgIpc) is 2.89. The van der Waals surface area contributed by atoms with Crippen LogP contribution in [0.3, 0.4) is 0 Å². The normalized spacial score (nSPS) is 15.4. The summed E-state index contributed by atoms with van der Waals surface area (Å²) < 4.78 is 14.3. The summed E-state index contributed by atoms with van der Waals surface area (Å²) in [4.78, 5) is 17.5. The Bertz CT molecular complexity index is 898. The van der Waals surface area contributed by atoms with Crippen LogP contribution in [0.25, 0.3) is 10.1 Å². The van der Waals surface area contributed by atoms with Gasteiger partial charge in [-0.3, -0.25) is 4.79 Å². The summed E-state index contributed by atoms with van der Waals surface area (Å²) >= 11 is 1.42. The quantitative estimate of drug-likeness (QED) is 0.708. The molecule has 1 saturated heterocycles. The number of aromatic nitrogens is 2. The lowest BCUT2D eigenvalue weighted by atomic mass is 10.2. The van der Waals surface area contributed by atoms with Crippen LogP contribution in [0.4, 0.5) is 10.2 Å². The molecule has 0 N–H and O–H groups in total. The molecule has 3 heterocycles. The number of rotatable bonds is 2. The van der Waals surface area contributed by atoms with Gasteiger partial charge in [-0.25, -0.2) is 4.39 Å². The van der Waals surface area contributed by atoms with E-state index in [0.29, 0.717) is 18.0 Å². The van der Waals surface area contributed by atoms with Crippen LogP contribution in [0.5, 0.6) is 0 Å². The lowest BCUT2D eigenvalue weighted by Crippen LogP contribution is -2.35. The minimum atomic E-state index is -0.279. The van der Waals surface area contributed by atoms with Gasteiger partial charge in [0.05, 0.1) is 4.88 Å². The highest BCUT2D eigenvalue weighted by Gasteiger charge is 2.22. The topological polar surface area (TPSA) is 49.3 Å². The van der Waals surface area contributed by atoms with Crippen molar-refractivity contribution in [1.82, 2.24) is 15.1 Å². The summed E-state index contributed by atoms with van der Waals surface area (Å²) in [5.41, 5.74) is 0. The van der Waals surface area contributed by atoms with Gasteiger partial charge in [-0.15, -0.1) is 16.4 Å². The van der Waals surface area contributed by atoms with Gasteiger partial charge in [-0.1, -0.05) is 0 Å². The lowest BCUT2D eigenvalue weighted by Gasteiger charge is -2.22. The smallest absolute Gasteiger partial charge is 0.264 e. The van der Waals surface area contributed by atoms with Gasteiger partial charge in [0.1, 0.15) is 5.82 Å². The van der Waals surface area contributed by atoms with E-state index in [0.717, 1.165) is 35.4 Å². The molecular weight excluding hydrogens is 339 g/mol. The summed E-state index contributed by atoms with van der Waals surface area (Å²) in [7, 11) is 0. The van der Waals surface area contributed by atoms with E-state index in [2.05, 4.69) is 15.1 Å². The molecule has 2 aromatic heterocycles. The number of carbonyl (C=O) groups excluding carboxylic acids is 1. The van der Waals surface area contributed by atoms with E-state index in [9.17, 15) is 9.18 Å². The molecule has 0 atom stereocenters. The van der Waals surface area contributed by atoms with Crippen molar-refractivity contribution in [3.63, 3.8) is 0 Å². The van der Waals surface area contributed by atoms with E-state index in [-0.39, 0.29) is 11.7 Å². The third kappa shape index (κ3) is 3.32. The van der Waals surface area contributed by atoms with E-state index in [1.807, 2.05) is 17.0 Å². The number of nitrogens with zero attached hydrogens (tertiary/aromatic N) is 4. The zero-order valence-corrected chi connectivity index (χ0v) is 14.4. The number of amides is 1. The molecule has 0 saturated carbocycles. The van der Waals surface area contributed by atoms with Crippen LogP contribution >= 0.6 is 11.3 Å². The van der Waals surface area contributed by atoms with Gasteiger partial charge in [-0.2, -0.15) is 5.10 Å². The number of hydrogen-bond acceptors (Lipinski definition) is 5. The fraction of sp³-hybridized carbons (Fsp3) is 0.278. The molecular formula is C18H17FN4OS. The second-order valence-corrected chi connectivity index (χ2v) is 7.09. The van der Waals surface area contributed by atoms with Crippen LogP contribution in [-0.2, 0) is 0 Å². The molecule has 1 aliphatic heterocycles. The fourth-order valence-corrected chi connectivity index (χ4v) is 4.10. The number of halogens is 1. The van der Waals surface area contributed by atoms with Crippen molar-refractivity contribution in [2.75, 3.05) is 31.1 Å². The Labute approximate surface area is 148 Å². The van der Waals surface area contributed by atoms with Gasteiger partial charge >= 0.3 is 0 Å². The number of benzene rings is 1. The summed E-state index contributed by atoms with van der Waals surface area (Å²) in [5, 5.41) is 8.85. The Morgan fingerprint density at radius 1 is 1.12 bits per heavy atom. The molecule has 0 aliphatic carbocycles. The van der Waals surface area contributed by atoms with E-state index >= 15 is 0 Å². The van der Waals surface area contributed by atoms with Crippen molar-refractivity contribution in [3.8, 4) is 0 Å². The molecule has 0 spiro atoms. The number of hydrogen-bond donors (Lipinski definition) is 0. The number of thiophene rings is 1. The largest absolute Gasteiger partial charge is 0.353 e. The van der Waals surface area contributed by atoms with Crippen molar-refractivity contribution in [3.05, 3.63) is 53.3 Å². The van der Waals surface area contributed by atoms with Crippen LogP contribution < -0.4 is 4.90 Å². The Hall–Kier alpha value is -2.54. The first-order chi connectivity index (χ1) is 12.2. The lowest BCUT2D eigenvalue weighted by molar-refractivity contribution is 0.0772. The molecule has 5 nitrogen and oxygen atoms in total. The first kappa shape index (κ1) is 16.0. The van der Waals surface area contributed by atoms with Gasteiger partial charge in [0, 0.05) is 37.1 Å². The molecule has 0 unspecified atom stereocenters. The molecule has 25 heavy (non-hydrogen) atoms. The average molecular weight is 356 g/mol. The predicted molar refractivity (Wildman–Crippen MR) is 96.5 cm³/mol. The van der Waals surface area contributed by atoms with E-state index in [4.69, 9.17) is 0 Å². The summed E-state index contributed by atoms with van der Waals surface area (Å²) in [6.07, 6.45) is 2.53. The van der Waals surface area contributed by atoms with Crippen LogP contribution in [0, 0.1) is 5.82 Å². The molecule has 1 aromatic carbocycles. The van der Waals surface area contributed by atoms with Gasteiger partial charge < -0.3 is 9.80 Å². The highest BCUT2D eigenvalue weighted by Crippen LogP contribution is 2.27. The standard InChI is InChI=1S/C18H17FN4OS/c19-14-4-5-15-13(11-14)12-16(25-15)18(24)23-8-2-7-22(9-10-23)17-3-1-6-20-21-17/h1,3-6,11-12H,2,7-10H2. The molecule has 0 radical (unpaired) electrons. The second-order valence-electron chi connectivity index (χ2n) is 6.01. The Kier molecular flexibility index (Phi) is 4.31. The van der Waals surface area contributed by atoms with Gasteiger partial charge in [0.15, 0.2) is 5.82 Å². The first-order valence-corrected chi connectivity index (χ1v) is 9.03. The molecule has 4 rings (SSSR count). The van der Waals surface area contributed by atoms with Gasteiger partial charge in [0.2, 0.25) is 0 Å². The number of carbonyl (C=O) groups is 1. The second kappa shape index (κ2) is 6.76. The summed E-state index contributed by atoms with van der Waals surface area (Å²) in [5.74, 6) is 0.579. The maximum atomic E-state index is 13.4. The Morgan fingerprint density at radius 3 is 2.88 bits per heavy atom. The Balaban J connectivity index is 1.50. The van der Waals surface area contributed by atoms with Gasteiger partial charge in [-0.05, 0) is 48.2 Å². The number of fused-ring (bicyclic) bond motifs is 1. The minimum Gasteiger partial charge on any atom is -0.353 e. The third-order valence-corrected chi connectivity index (χ3v) is 5.46.